The van der Waals surface area contributed by atoms with E-state index in [1.54, 1.807) is 13.8 Å². The Bertz CT molecular complexity index is 568. The average molecular weight is 376 g/mol. The first-order valence-electron chi connectivity index (χ1n) is 7.80. The lowest BCUT2D eigenvalue weighted by atomic mass is 9.81. The molecule has 0 aromatic heterocycles. The second-order valence-corrected chi connectivity index (χ2v) is 7.46. The van der Waals surface area contributed by atoms with E-state index in [0.29, 0.717) is 11.8 Å². The predicted octanol–water partition coefficient (Wildman–Crippen LogP) is -1.28. The summed E-state index contributed by atoms with van der Waals surface area (Å²) in [6, 6.07) is -1.31. The number of thioether (sulfide) groups is 1. The lowest BCUT2D eigenvalue weighted by Crippen LogP contribution is -2.64. The summed E-state index contributed by atoms with van der Waals surface area (Å²) < 4.78 is 0. The van der Waals surface area contributed by atoms with Crippen LogP contribution in [0.5, 0.6) is 0 Å². The molecular weight excluding hydrogens is 352 g/mol. The Morgan fingerprint density at radius 2 is 1.92 bits per heavy atom. The number of aliphatic carboxylic acids is 1. The van der Waals surface area contributed by atoms with E-state index in [4.69, 9.17) is 5.11 Å². The van der Waals surface area contributed by atoms with Crippen molar-refractivity contribution < 1.29 is 34.5 Å². The SMILES string of the molecule is CC(=O)N[C@@H](CSC(=O)[C@@]1([C@@H](O)C(C)C)NC(=O)[C@H](C)[C@@H]1O)C(=O)O. The number of carbonyl (C=O) groups excluding carboxylic acids is 3. The van der Waals surface area contributed by atoms with Crippen LogP contribution in [0.1, 0.15) is 27.7 Å². The van der Waals surface area contributed by atoms with Crippen molar-refractivity contribution in [2.75, 3.05) is 5.75 Å². The predicted molar refractivity (Wildman–Crippen MR) is 89.6 cm³/mol. The lowest BCUT2D eigenvalue weighted by molar-refractivity contribution is -0.140. The van der Waals surface area contributed by atoms with Crippen LogP contribution in [0, 0.1) is 11.8 Å². The quantitative estimate of drug-likeness (QED) is 0.368. The molecule has 1 heterocycles. The molecule has 2 amide bonds. The highest BCUT2D eigenvalue weighted by atomic mass is 32.2. The third kappa shape index (κ3) is 4.31. The van der Waals surface area contributed by atoms with Gasteiger partial charge < -0.3 is 26.0 Å². The lowest BCUT2D eigenvalue weighted by Gasteiger charge is -2.37. The molecule has 0 aromatic carbocycles. The van der Waals surface area contributed by atoms with E-state index < -0.39 is 58.5 Å². The molecule has 1 rings (SSSR count). The smallest absolute Gasteiger partial charge is 0.327 e. The first kappa shape index (κ1) is 21.4. The zero-order valence-corrected chi connectivity index (χ0v) is 15.3. The van der Waals surface area contributed by atoms with Gasteiger partial charge in [0.2, 0.25) is 16.9 Å². The number of rotatable bonds is 7. The minimum Gasteiger partial charge on any atom is -0.480 e. The van der Waals surface area contributed by atoms with Crippen LogP contribution in [0.3, 0.4) is 0 Å². The molecule has 5 N–H and O–H groups in total. The normalized spacial score (nSPS) is 28.4. The highest BCUT2D eigenvalue weighted by Gasteiger charge is 2.60. The van der Waals surface area contributed by atoms with Gasteiger partial charge in [-0.1, -0.05) is 32.5 Å². The maximum Gasteiger partial charge on any atom is 0.327 e. The van der Waals surface area contributed by atoms with Gasteiger partial charge in [-0.15, -0.1) is 0 Å². The second kappa shape index (κ2) is 8.15. The molecule has 9 nitrogen and oxygen atoms in total. The van der Waals surface area contributed by atoms with Gasteiger partial charge in [0, 0.05) is 12.7 Å². The van der Waals surface area contributed by atoms with Crippen LogP contribution < -0.4 is 10.6 Å². The largest absolute Gasteiger partial charge is 0.480 e. The van der Waals surface area contributed by atoms with Crippen LogP contribution in [-0.4, -0.2) is 67.8 Å². The van der Waals surface area contributed by atoms with Crippen molar-refractivity contribution in [1.82, 2.24) is 10.6 Å². The van der Waals surface area contributed by atoms with Gasteiger partial charge >= 0.3 is 5.97 Å². The Morgan fingerprint density at radius 3 is 2.28 bits per heavy atom. The zero-order chi connectivity index (χ0) is 19.5. The van der Waals surface area contributed by atoms with Crippen molar-refractivity contribution in [2.45, 2.75) is 51.5 Å². The molecule has 1 fully saturated rings. The van der Waals surface area contributed by atoms with E-state index >= 15 is 0 Å². The molecule has 0 aliphatic carbocycles. The first-order valence-corrected chi connectivity index (χ1v) is 8.79. The summed E-state index contributed by atoms with van der Waals surface area (Å²) in [5, 5.41) is 33.8. The molecule has 0 bridgehead atoms. The number of carbonyl (C=O) groups is 4. The maximum atomic E-state index is 12.8. The average Bonchev–Trinajstić information content (AvgIpc) is 2.74. The summed E-state index contributed by atoms with van der Waals surface area (Å²) >= 11 is 0.535. The van der Waals surface area contributed by atoms with Crippen LogP contribution in [0.4, 0.5) is 0 Å². The number of hydrogen-bond acceptors (Lipinski definition) is 7. The highest BCUT2D eigenvalue weighted by Crippen LogP contribution is 2.36. The Hall–Kier alpha value is -1.65. The third-order valence-corrected chi connectivity index (χ3v) is 5.28. The fraction of sp³-hybridized carbons (Fsp3) is 0.733. The molecule has 10 heteroatoms. The van der Waals surface area contributed by atoms with Crippen molar-refractivity contribution >= 4 is 34.7 Å². The van der Waals surface area contributed by atoms with Gasteiger partial charge in [0.15, 0.2) is 5.54 Å². The molecule has 5 atom stereocenters. The number of amides is 2. The summed E-state index contributed by atoms with van der Waals surface area (Å²) in [6.07, 6.45) is -2.82. The van der Waals surface area contributed by atoms with Gasteiger partial charge in [0.05, 0.1) is 18.1 Å². The number of carboxylic acids is 1. The molecule has 0 spiro atoms. The highest BCUT2D eigenvalue weighted by molar-refractivity contribution is 8.13. The van der Waals surface area contributed by atoms with Crippen LogP contribution >= 0.6 is 11.8 Å². The van der Waals surface area contributed by atoms with Crippen molar-refractivity contribution in [3.8, 4) is 0 Å². The zero-order valence-electron chi connectivity index (χ0n) is 14.5. The van der Waals surface area contributed by atoms with Crippen molar-refractivity contribution in [3.63, 3.8) is 0 Å². The van der Waals surface area contributed by atoms with E-state index in [2.05, 4.69) is 10.6 Å². The van der Waals surface area contributed by atoms with E-state index in [1.807, 2.05) is 0 Å². The maximum absolute atomic E-state index is 12.8. The number of hydrogen-bond donors (Lipinski definition) is 5. The van der Waals surface area contributed by atoms with Crippen LogP contribution in [0.15, 0.2) is 0 Å². The second-order valence-electron chi connectivity index (χ2n) is 6.47. The minimum absolute atomic E-state index is 0.308. The summed E-state index contributed by atoms with van der Waals surface area (Å²) in [6.45, 7) is 5.84. The van der Waals surface area contributed by atoms with Gasteiger partial charge in [0.1, 0.15) is 6.04 Å². The van der Waals surface area contributed by atoms with E-state index in [9.17, 15) is 29.4 Å². The standard InChI is InChI=1S/C15H24N2O7S/c1-6(2)10(19)15(11(20)7(3)12(21)17-15)14(24)25-5-9(13(22)23)16-8(4)18/h6-7,9-11,19-20H,5H2,1-4H3,(H,16,18)(H,17,21)(H,22,23)/t7-,9+,10+,11+,15+/m1/s1. The monoisotopic (exact) mass is 376 g/mol. The van der Waals surface area contributed by atoms with E-state index in [1.165, 1.54) is 6.92 Å². The minimum atomic E-state index is -1.92. The summed E-state index contributed by atoms with van der Waals surface area (Å²) in [4.78, 5) is 46.9. The Balaban J connectivity index is 3.04. The molecule has 25 heavy (non-hydrogen) atoms. The summed E-state index contributed by atoms with van der Waals surface area (Å²) in [5.41, 5.74) is -1.92. The molecule has 0 saturated carbocycles. The van der Waals surface area contributed by atoms with Crippen molar-refractivity contribution in [1.29, 1.82) is 0 Å². The van der Waals surface area contributed by atoms with E-state index in [0.717, 1.165) is 6.92 Å². The van der Waals surface area contributed by atoms with Gasteiger partial charge in [0.25, 0.3) is 0 Å². The van der Waals surface area contributed by atoms with Gasteiger partial charge in [-0.25, -0.2) is 4.79 Å². The number of aliphatic hydroxyl groups is 2. The van der Waals surface area contributed by atoms with E-state index in [-0.39, 0.29) is 5.75 Å². The van der Waals surface area contributed by atoms with Gasteiger partial charge in [-0.3, -0.25) is 14.4 Å². The Morgan fingerprint density at radius 1 is 1.36 bits per heavy atom. The molecular formula is C15H24N2O7S. The van der Waals surface area contributed by atoms with Crippen LogP contribution in [-0.2, 0) is 19.2 Å². The Labute approximate surface area is 149 Å². The summed E-state index contributed by atoms with van der Waals surface area (Å²) in [7, 11) is 0. The molecule has 1 aliphatic heterocycles. The van der Waals surface area contributed by atoms with Crippen LogP contribution in [0.25, 0.3) is 0 Å². The third-order valence-electron chi connectivity index (χ3n) is 4.18. The van der Waals surface area contributed by atoms with Gasteiger partial charge in [-0.05, 0) is 5.92 Å². The molecule has 0 radical (unpaired) electrons. The molecule has 0 unspecified atom stereocenters. The topological polar surface area (TPSA) is 153 Å². The van der Waals surface area contributed by atoms with Gasteiger partial charge in [-0.2, -0.15) is 0 Å². The molecule has 1 saturated heterocycles. The number of nitrogens with one attached hydrogen (secondary N) is 2. The Kier molecular flexibility index (Phi) is 6.98. The fourth-order valence-corrected chi connectivity index (χ4v) is 3.77. The molecule has 0 aromatic rings. The summed E-state index contributed by atoms with van der Waals surface area (Å²) in [5.74, 6) is -4.12. The fourth-order valence-electron chi connectivity index (χ4n) is 2.70. The van der Waals surface area contributed by atoms with Crippen molar-refractivity contribution in [3.05, 3.63) is 0 Å². The molecule has 142 valence electrons. The number of carboxylic acid groups (broad SMARTS) is 1. The molecule has 1 aliphatic rings. The van der Waals surface area contributed by atoms with Crippen LogP contribution in [0.2, 0.25) is 0 Å². The van der Waals surface area contributed by atoms with Crippen molar-refractivity contribution in [2.24, 2.45) is 11.8 Å². The first-order chi connectivity index (χ1) is 11.4. The number of aliphatic hydroxyl groups excluding tert-OH is 2.